The van der Waals surface area contributed by atoms with Crippen molar-refractivity contribution in [3.63, 3.8) is 0 Å². The molecule has 0 aromatic rings. The zero-order valence-corrected chi connectivity index (χ0v) is 21.0. The van der Waals surface area contributed by atoms with Crippen LogP contribution in [-0.4, -0.2) is 22.2 Å². The van der Waals surface area contributed by atoms with Gasteiger partial charge in [-0.15, -0.1) is 0 Å². The Kier molecular flexibility index (Phi) is 22.1. The van der Waals surface area contributed by atoms with E-state index in [9.17, 15) is 9.59 Å². The molecule has 0 saturated heterocycles. The van der Waals surface area contributed by atoms with Crippen molar-refractivity contribution in [2.24, 2.45) is 11.8 Å². The monoisotopic (exact) mass is 438 g/mol. The number of rotatable bonds is 18. The zero-order chi connectivity index (χ0) is 24.1. The van der Waals surface area contributed by atoms with E-state index >= 15 is 0 Å². The lowest BCUT2D eigenvalue weighted by Gasteiger charge is -2.04. The molecule has 0 amide bonds. The summed E-state index contributed by atoms with van der Waals surface area (Å²) in [5.41, 5.74) is 0.817. The summed E-state index contributed by atoms with van der Waals surface area (Å²) in [7, 11) is 0. The van der Waals surface area contributed by atoms with Gasteiger partial charge in [0.15, 0.2) is 0 Å². The third-order valence-electron chi connectivity index (χ3n) is 5.34. The van der Waals surface area contributed by atoms with Crippen LogP contribution in [0.25, 0.3) is 0 Å². The number of carboxylic acids is 2. The van der Waals surface area contributed by atoms with Crippen molar-refractivity contribution in [2.45, 2.75) is 125 Å². The molecule has 0 bridgehead atoms. The predicted molar refractivity (Wildman–Crippen MR) is 132 cm³/mol. The highest BCUT2D eigenvalue weighted by molar-refractivity contribution is 5.86. The Hall–Kier alpha value is -1.58. The molecule has 0 radical (unpaired) electrons. The second-order valence-electron chi connectivity index (χ2n) is 9.54. The molecule has 4 heteroatoms. The van der Waals surface area contributed by atoms with E-state index in [1.807, 2.05) is 6.08 Å². The number of hydrogen-bond donors (Lipinski definition) is 2. The van der Waals surface area contributed by atoms with E-state index < -0.39 is 11.9 Å². The van der Waals surface area contributed by atoms with Crippen LogP contribution in [0.15, 0.2) is 23.8 Å². The van der Waals surface area contributed by atoms with Gasteiger partial charge in [0, 0.05) is 11.1 Å². The first kappa shape index (κ1) is 31.6. The molecule has 0 aliphatic rings. The van der Waals surface area contributed by atoms with Gasteiger partial charge in [-0.3, -0.25) is 0 Å². The molecule has 0 aliphatic carbocycles. The second-order valence-corrected chi connectivity index (χ2v) is 9.54. The van der Waals surface area contributed by atoms with Gasteiger partial charge in [-0.05, 0) is 44.4 Å². The van der Waals surface area contributed by atoms with E-state index in [1.165, 1.54) is 57.8 Å². The van der Waals surface area contributed by atoms with Gasteiger partial charge in [0.1, 0.15) is 0 Å². The summed E-state index contributed by atoms with van der Waals surface area (Å²) >= 11 is 0. The minimum Gasteiger partial charge on any atom is -0.478 e. The van der Waals surface area contributed by atoms with E-state index in [0.29, 0.717) is 17.6 Å². The molecule has 0 atom stereocenters. The Morgan fingerprint density at radius 1 is 0.710 bits per heavy atom. The van der Waals surface area contributed by atoms with Crippen LogP contribution >= 0.6 is 0 Å². The maximum absolute atomic E-state index is 10.5. The van der Waals surface area contributed by atoms with Gasteiger partial charge in [-0.1, -0.05) is 105 Å². The summed E-state index contributed by atoms with van der Waals surface area (Å²) in [5, 5.41) is 17.2. The number of carbonyl (C=O) groups is 2. The second kappa shape index (κ2) is 21.6. The number of hydrogen-bond acceptors (Lipinski definition) is 2. The minimum atomic E-state index is -0.852. The Bertz CT molecular complexity index is 503. The zero-order valence-electron chi connectivity index (χ0n) is 21.0. The number of aliphatic carboxylic acids is 2. The lowest BCUT2D eigenvalue weighted by atomic mass is 10.0. The van der Waals surface area contributed by atoms with Crippen molar-refractivity contribution in [1.29, 1.82) is 0 Å². The average Bonchev–Trinajstić information content (AvgIpc) is 2.68. The molecule has 31 heavy (non-hydrogen) atoms. The standard InChI is InChI=1S/C14H26O2.C13H24O2/c1-12(2)10-8-6-4-5-7-9-11-13(3)14(15)16;1-11(2)9-7-5-4-6-8-10-12(3)13(14)15/h11-12H,4-10H2,1-3H3,(H,15,16);11H,3-10H2,1-2H3,(H,14,15). The maximum atomic E-state index is 10.5. The molecule has 0 spiro atoms. The molecule has 4 nitrogen and oxygen atoms in total. The first-order chi connectivity index (χ1) is 14.6. The van der Waals surface area contributed by atoms with Crippen LogP contribution in [0.5, 0.6) is 0 Å². The Morgan fingerprint density at radius 3 is 1.55 bits per heavy atom. The molecule has 2 N–H and O–H groups in total. The molecule has 0 aromatic carbocycles. The molecule has 0 aromatic heterocycles. The third kappa shape index (κ3) is 26.4. The lowest BCUT2D eigenvalue weighted by molar-refractivity contribution is -0.133. The predicted octanol–water partition coefficient (Wildman–Crippen LogP) is 8.42. The van der Waals surface area contributed by atoms with Gasteiger partial charge in [0.25, 0.3) is 0 Å². The van der Waals surface area contributed by atoms with E-state index in [4.69, 9.17) is 10.2 Å². The van der Waals surface area contributed by atoms with Crippen LogP contribution in [-0.2, 0) is 9.59 Å². The van der Waals surface area contributed by atoms with Gasteiger partial charge in [0.2, 0.25) is 0 Å². The fraction of sp³-hybridized carbons (Fsp3) is 0.778. The van der Waals surface area contributed by atoms with Crippen molar-refractivity contribution in [2.75, 3.05) is 0 Å². The van der Waals surface area contributed by atoms with E-state index in [2.05, 4.69) is 34.3 Å². The van der Waals surface area contributed by atoms with Crippen LogP contribution in [0, 0.1) is 11.8 Å². The summed E-state index contributed by atoms with van der Waals surface area (Å²) < 4.78 is 0. The molecule has 0 unspecified atom stereocenters. The van der Waals surface area contributed by atoms with Crippen molar-refractivity contribution in [1.82, 2.24) is 0 Å². The third-order valence-corrected chi connectivity index (χ3v) is 5.34. The Labute approximate surface area is 192 Å². The van der Waals surface area contributed by atoms with Crippen molar-refractivity contribution < 1.29 is 19.8 Å². The first-order valence-corrected chi connectivity index (χ1v) is 12.4. The van der Waals surface area contributed by atoms with Crippen LogP contribution in [0.3, 0.4) is 0 Å². The van der Waals surface area contributed by atoms with Gasteiger partial charge in [0.05, 0.1) is 0 Å². The maximum Gasteiger partial charge on any atom is 0.330 e. The highest BCUT2D eigenvalue weighted by Gasteiger charge is 2.02. The molecular weight excluding hydrogens is 388 g/mol. The first-order valence-electron chi connectivity index (χ1n) is 12.4. The number of unbranched alkanes of at least 4 members (excludes halogenated alkanes) is 9. The molecule has 0 heterocycles. The highest BCUT2D eigenvalue weighted by atomic mass is 16.4. The average molecular weight is 439 g/mol. The molecule has 182 valence electrons. The highest BCUT2D eigenvalue weighted by Crippen LogP contribution is 2.13. The fourth-order valence-corrected chi connectivity index (χ4v) is 3.16. The molecular formula is C27H50O4. The molecule has 0 rings (SSSR count). The summed E-state index contributed by atoms with van der Waals surface area (Å²) in [6.07, 6.45) is 18.2. The smallest absolute Gasteiger partial charge is 0.330 e. The number of allylic oxidation sites excluding steroid dienone is 1. The normalized spacial score (nSPS) is 11.4. The van der Waals surface area contributed by atoms with Crippen LogP contribution in [0.2, 0.25) is 0 Å². The summed E-state index contributed by atoms with van der Waals surface area (Å²) in [6, 6.07) is 0. The summed E-state index contributed by atoms with van der Waals surface area (Å²) in [5.74, 6) is -0.0234. The Morgan fingerprint density at radius 2 is 1.13 bits per heavy atom. The lowest BCUT2D eigenvalue weighted by Crippen LogP contribution is -1.98. The summed E-state index contributed by atoms with van der Waals surface area (Å²) in [6.45, 7) is 14.2. The van der Waals surface area contributed by atoms with Crippen molar-refractivity contribution in [3.05, 3.63) is 23.8 Å². The number of carboxylic acid groups (broad SMARTS) is 2. The quantitative estimate of drug-likeness (QED) is 0.166. The molecule has 0 fully saturated rings. The van der Waals surface area contributed by atoms with Crippen LogP contribution in [0.1, 0.15) is 125 Å². The summed E-state index contributed by atoms with van der Waals surface area (Å²) in [4.78, 5) is 20.9. The topological polar surface area (TPSA) is 74.6 Å². The molecule has 0 saturated carbocycles. The van der Waals surface area contributed by atoms with Gasteiger partial charge >= 0.3 is 11.9 Å². The van der Waals surface area contributed by atoms with Gasteiger partial charge in [-0.25, -0.2) is 9.59 Å². The van der Waals surface area contributed by atoms with E-state index in [0.717, 1.165) is 37.5 Å². The van der Waals surface area contributed by atoms with Gasteiger partial charge in [-0.2, -0.15) is 0 Å². The fourth-order valence-electron chi connectivity index (χ4n) is 3.16. The van der Waals surface area contributed by atoms with Crippen molar-refractivity contribution in [3.8, 4) is 0 Å². The molecule has 0 aliphatic heterocycles. The SMILES string of the molecule is C=C(CCCCCCCC(C)C)C(=O)O.CC(=CCCCCCCCC(C)C)C(=O)O. The largest absolute Gasteiger partial charge is 0.478 e. The van der Waals surface area contributed by atoms with Crippen LogP contribution < -0.4 is 0 Å². The minimum absolute atomic E-state index is 0.345. The Balaban J connectivity index is 0. The van der Waals surface area contributed by atoms with Crippen LogP contribution in [0.4, 0.5) is 0 Å². The van der Waals surface area contributed by atoms with Gasteiger partial charge < -0.3 is 10.2 Å². The van der Waals surface area contributed by atoms with E-state index in [-0.39, 0.29) is 0 Å². The van der Waals surface area contributed by atoms with Crippen molar-refractivity contribution >= 4 is 11.9 Å². The van der Waals surface area contributed by atoms with E-state index in [1.54, 1.807) is 6.92 Å².